The molecule has 1 unspecified atom stereocenters. The lowest BCUT2D eigenvalue weighted by molar-refractivity contribution is -0.187. The number of hydrogen-bond acceptors (Lipinski definition) is 8. The quantitative estimate of drug-likeness (QED) is 0.221. The Kier molecular flexibility index (Phi) is 7.23. The summed E-state index contributed by atoms with van der Waals surface area (Å²) in [5.41, 5.74) is -1.58. The predicted molar refractivity (Wildman–Crippen MR) is 103 cm³/mol. The van der Waals surface area contributed by atoms with Crippen molar-refractivity contribution in [2.45, 2.75) is 63.1 Å². The number of ether oxygens (including phenoxy) is 1. The van der Waals surface area contributed by atoms with Gasteiger partial charge in [-0.1, -0.05) is 13.0 Å². The lowest BCUT2D eigenvalue weighted by Crippen LogP contribution is -2.60. The van der Waals surface area contributed by atoms with Crippen molar-refractivity contribution in [1.29, 1.82) is 0 Å². The second-order valence-electron chi connectivity index (χ2n) is 7.34. The van der Waals surface area contributed by atoms with Crippen molar-refractivity contribution in [2.75, 3.05) is 0 Å². The molecule has 1 aliphatic carbocycles. The van der Waals surface area contributed by atoms with Crippen LogP contribution in [0.2, 0.25) is 0 Å². The maximum absolute atomic E-state index is 12.4. The van der Waals surface area contributed by atoms with E-state index in [9.17, 15) is 35.1 Å². The number of esters is 1. The van der Waals surface area contributed by atoms with Crippen molar-refractivity contribution >= 4 is 18.0 Å². The van der Waals surface area contributed by atoms with Gasteiger partial charge in [-0.3, -0.25) is 4.79 Å². The van der Waals surface area contributed by atoms with Crippen LogP contribution in [-0.4, -0.2) is 67.4 Å². The van der Waals surface area contributed by atoms with Crippen LogP contribution in [0.3, 0.4) is 0 Å². The molecule has 1 aromatic carbocycles. The molecule has 29 heavy (non-hydrogen) atoms. The Morgan fingerprint density at radius 3 is 2.59 bits per heavy atom. The van der Waals surface area contributed by atoms with Crippen LogP contribution in [0.4, 0.5) is 0 Å². The van der Waals surface area contributed by atoms with Crippen molar-refractivity contribution in [3.8, 4) is 11.5 Å². The SMILES string of the molecule is CCC(C)NC(=O)[C@]1(O)C[C@@H](O)[C@@H](O)[C@H](OC(=O)/C=C/c2ccc(O)c(O)c2)C1. The molecule has 0 bridgehead atoms. The maximum atomic E-state index is 12.4. The molecule has 0 aromatic heterocycles. The average Bonchev–Trinajstić information content (AvgIpc) is 2.66. The van der Waals surface area contributed by atoms with Crippen LogP contribution in [0, 0.1) is 0 Å². The Morgan fingerprint density at radius 1 is 1.28 bits per heavy atom. The lowest BCUT2D eigenvalue weighted by Gasteiger charge is -2.40. The van der Waals surface area contributed by atoms with Crippen LogP contribution < -0.4 is 5.32 Å². The Bertz CT molecular complexity index is 780. The highest BCUT2D eigenvalue weighted by molar-refractivity contribution is 5.88. The van der Waals surface area contributed by atoms with E-state index in [2.05, 4.69) is 5.32 Å². The van der Waals surface area contributed by atoms with Gasteiger partial charge in [0.1, 0.15) is 17.8 Å². The summed E-state index contributed by atoms with van der Waals surface area (Å²) in [6.45, 7) is 3.62. The van der Waals surface area contributed by atoms with E-state index in [0.29, 0.717) is 12.0 Å². The molecule has 1 amide bonds. The molecule has 1 fully saturated rings. The van der Waals surface area contributed by atoms with Crippen molar-refractivity contribution in [2.24, 2.45) is 0 Å². The highest BCUT2D eigenvalue weighted by atomic mass is 16.6. The van der Waals surface area contributed by atoms with E-state index in [1.165, 1.54) is 24.3 Å². The molecule has 9 heteroatoms. The Morgan fingerprint density at radius 2 is 1.97 bits per heavy atom. The number of amides is 1. The summed E-state index contributed by atoms with van der Waals surface area (Å²) in [6, 6.07) is 3.74. The van der Waals surface area contributed by atoms with Crippen LogP contribution in [0.15, 0.2) is 24.3 Å². The number of carbonyl (C=O) groups is 2. The van der Waals surface area contributed by atoms with Gasteiger partial charge in [0, 0.05) is 25.0 Å². The van der Waals surface area contributed by atoms with E-state index in [-0.39, 0.29) is 30.4 Å². The molecule has 1 aromatic rings. The van der Waals surface area contributed by atoms with Crippen LogP contribution in [0.5, 0.6) is 11.5 Å². The zero-order valence-corrected chi connectivity index (χ0v) is 16.3. The topological polar surface area (TPSA) is 157 Å². The van der Waals surface area contributed by atoms with E-state index >= 15 is 0 Å². The predicted octanol–water partition coefficient (Wildman–Crippen LogP) is 0.184. The van der Waals surface area contributed by atoms with Crippen LogP contribution >= 0.6 is 0 Å². The summed E-state index contributed by atoms with van der Waals surface area (Å²) in [5.74, 6) is -2.24. The lowest BCUT2D eigenvalue weighted by atomic mass is 9.78. The maximum Gasteiger partial charge on any atom is 0.331 e. The summed E-state index contributed by atoms with van der Waals surface area (Å²) >= 11 is 0. The zero-order chi connectivity index (χ0) is 21.8. The van der Waals surface area contributed by atoms with Crippen LogP contribution in [-0.2, 0) is 14.3 Å². The highest BCUT2D eigenvalue weighted by Crippen LogP contribution is 2.32. The van der Waals surface area contributed by atoms with Crippen molar-refractivity contribution < 1.29 is 39.9 Å². The van der Waals surface area contributed by atoms with E-state index in [1.54, 1.807) is 6.92 Å². The minimum atomic E-state index is -1.99. The van der Waals surface area contributed by atoms with Crippen LogP contribution in [0.25, 0.3) is 6.08 Å². The molecule has 9 nitrogen and oxygen atoms in total. The smallest absolute Gasteiger partial charge is 0.331 e. The summed E-state index contributed by atoms with van der Waals surface area (Å²) in [7, 11) is 0. The molecular weight excluding hydrogens is 382 g/mol. The largest absolute Gasteiger partial charge is 0.504 e. The summed E-state index contributed by atoms with van der Waals surface area (Å²) < 4.78 is 5.14. The Balaban J connectivity index is 2.07. The van der Waals surface area contributed by atoms with E-state index < -0.39 is 35.8 Å². The number of aliphatic hydroxyl groups excluding tert-OH is 2. The van der Waals surface area contributed by atoms with Crippen molar-refractivity contribution in [3.63, 3.8) is 0 Å². The van der Waals surface area contributed by atoms with Gasteiger partial charge >= 0.3 is 5.97 Å². The van der Waals surface area contributed by atoms with Gasteiger partial charge in [0.2, 0.25) is 0 Å². The molecule has 1 aliphatic rings. The third kappa shape index (κ3) is 5.69. The number of phenolic OH excluding ortho intramolecular Hbond substituents is 2. The Hall–Kier alpha value is -2.62. The highest BCUT2D eigenvalue weighted by Gasteiger charge is 2.50. The zero-order valence-electron chi connectivity index (χ0n) is 16.3. The number of phenols is 2. The fourth-order valence-corrected chi connectivity index (χ4v) is 3.01. The van der Waals surface area contributed by atoms with Gasteiger partial charge in [0.15, 0.2) is 11.5 Å². The monoisotopic (exact) mass is 409 g/mol. The third-order valence-electron chi connectivity index (χ3n) is 4.95. The number of aliphatic hydroxyl groups is 3. The molecule has 5 atom stereocenters. The van der Waals surface area contributed by atoms with Crippen molar-refractivity contribution in [3.05, 3.63) is 29.8 Å². The average molecular weight is 409 g/mol. The fourth-order valence-electron chi connectivity index (χ4n) is 3.01. The molecule has 0 heterocycles. The number of carbonyl (C=O) groups excluding carboxylic acids is 2. The molecule has 2 rings (SSSR count). The summed E-state index contributed by atoms with van der Waals surface area (Å²) in [4.78, 5) is 24.5. The minimum Gasteiger partial charge on any atom is -0.504 e. The molecular formula is C20H27NO8. The summed E-state index contributed by atoms with van der Waals surface area (Å²) in [6.07, 6.45) is -1.97. The van der Waals surface area contributed by atoms with Crippen LogP contribution in [0.1, 0.15) is 38.7 Å². The first kappa shape index (κ1) is 22.7. The number of rotatable bonds is 6. The van der Waals surface area contributed by atoms with E-state index in [0.717, 1.165) is 6.08 Å². The van der Waals surface area contributed by atoms with E-state index in [1.807, 2.05) is 6.92 Å². The normalized spacial score (nSPS) is 28.1. The van der Waals surface area contributed by atoms with E-state index in [4.69, 9.17) is 4.74 Å². The van der Waals surface area contributed by atoms with Crippen molar-refractivity contribution in [1.82, 2.24) is 5.32 Å². The Labute approximate surface area is 168 Å². The number of benzene rings is 1. The van der Waals surface area contributed by atoms with Gasteiger partial charge in [-0.2, -0.15) is 0 Å². The molecule has 0 spiro atoms. The first-order valence-electron chi connectivity index (χ1n) is 9.36. The molecule has 0 aliphatic heterocycles. The number of hydrogen-bond donors (Lipinski definition) is 6. The summed E-state index contributed by atoms with van der Waals surface area (Å²) in [5, 5.41) is 52.2. The second kappa shape index (κ2) is 9.25. The fraction of sp³-hybridized carbons (Fsp3) is 0.500. The standard InChI is InChI=1S/C20H27NO8/c1-3-11(2)21-19(27)20(28)9-15(24)18(26)16(10-20)29-17(25)7-5-12-4-6-13(22)14(23)8-12/h4-8,11,15-16,18,22-24,26,28H,3,9-10H2,1-2H3,(H,21,27)/b7-5+/t11?,15-,16-,18-,20+/m1/s1. The first-order valence-corrected chi connectivity index (χ1v) is 9.36. The van der Waals surface area contributed by atoms with Gasteiger partial charge in [-0.25, -0.2) is 4.79 Å². The van der Waals surface area contributed by atoms with Gasteiger partial charge in [0.05, 0.1) is 6.10 Å². The third-order valence-corrected chi connectivity index (χ3v) is 4.95. The molecule has 6 N–H and O–H groups in total. The first-order chi connectivity index (χ1) is 13.6. The number of nitrogens with one attached hydrogen (secondary N) is 1. The molecule has 160 valence electrons. The van der Waals surface area contributed by atoms with Gasteiger partial charge in [-0.05, 0) is 37.1 Å². The molecule has 1 saturated carbocycles. The van der Waals surface area contributed by atoms with Gasteiger partial charge in [-0.15, -0.1) is 0 Å². The van der Waals surface area contributed by atoms with Gasteiger partial charge in [0.25, 0.3) is 5.91 Å². The second-order valence-corrected chi connectivity index (χ2v) is 7.34. The van der Waals surface area contributed by atoms with Gasteiger partial charge < -0.3 is 35.6 Å². The molecule has 0 saturated heterocycles. The number of aromatic hydroxyl groups is 2. The molecule has 0 radical (unpaired) electrons. The minimum absolute atomic E-state index is 0.193.